The Morgan fingerprint density at radius 2 is 1.76 bits per heavy atom. The second-order valence-corrected chi connectivity index (χ2v) is 4.98. The number of hydrogen-bond acceptors (Lipinski definition) is 9. The van der Waals surface area contributed by atoms with E-state index in [-0.39, 0.29) is 6.61 Å². The van der Waals surface area contributed by atoms with Gasteiger partial charge in [0.05, 0.1) is 6.61 Å². The summed E-state index contributed by atoms with van der Waals surface area (Å²) in [5, 5.41) is 16.3. The molecule has 0 atom stereocenters. The minimum Gasteiger partial charge on any atom is -0.395 e. The Balaban J connectivity index is 1.90. The zero-order valence-corrected chi connectivity index (χ0v) is 11.7. The van der Waals surface area contributed by atoms with Gasteiger partial charge in [-0.15, -0.1) is 0 Å². The molecule has 2 aromatic heterocycles. The van der Waals surface area contributed by atoms with Gasteiger partial charge in [-0.25, -0.2) is 15.0 Å². The first kappa shape index (κ1) is 14.0. The van der Waals surface area contributed by atoms with E-state index in [0.717, 1.165) is 31.7 Å². The lowest BCUT2D eigenvalue weighted by molar-refractivity contribution is 0.296. The Kier molecular flexibility index (Phi) is 4.41. The van der Waals surface area contributed by atoms with Crippen LogP contribution in [0, 0.1) is 0 Å². The van der Waals surface area contributed by atoms with Crippen LogP contribution in [0.1, 0.15) is 25.7 Å². The molecule has 0 aromatic carbocycles. The third-order valence-electron chi connectivity index (χ3n) is 3.45. The number of anilines is 2. The molecular weight excluding hydrogens is 274 g/mol. The van der Waals surface area contributed by atoms with Crippen LogP contribution in [-0.2, 0) is 0 Å². The van der Waals surface area contributed by atoms with Crippen LogP contribution in [0.5, 0.6) is 0 Å². The first-order valence-electron chi connectivity index (χ1n) is 7.23. The monoisotopic (exact) mass is 293 g/mol. The van der Waals surface area contributed by atoms with Crippen LogP contribution in [-0.4, -0.2) is 51.6 Å². The molecule has 3 rings (SSSR count). The number of hydrogen-bond donors (Lipinski definition) is 3. The largest absolute Gasteiger partial charge is 0.395 e. The van der Waals surface area contributed by atoms with Gasteiger partial charge in [0, 0.05) is 19.6 Å². The van der Waals surface area contributed by atoms with Crippen LogP contribution in [0.2, 0.25) is 0 Å². The standard InChI is InChI=1S/C12H19N7O2/c20-8-5-13-16-11-12(19-6-3-1-2-4-7-19)15-10-9(14-11)17-21-18-10/h13,20H,1-8H2,(H,14,16,17). The third kappa shape index (κ3) is 3.19. The number of aliphatic hydroxyl groups excluding tert-OH is 1. The number of aliphatic hydroxyl groups is 1. The van der Waals surface area contributed by atoms with Crippen molar-refractivity contribution in [2.24, 2.45) is 0 Å². The van der Waals surface area contributed by atoms with Crippen molar-refractivity contribution in [2.45, 2.75) is 25.7 Å². The molecule has 0 aliphatic carbocycles. The Hall–Kier alpha value is -2.00. The molecule has 1 aliphatic heterocycles. The Bertz CT molecular complexity index is 580. The SMILES string of the molecule is OCCNNc1nc2nonc2nc1N1CCCCCC1. The summed E-state index contributed by atoms with van der Waals surface area (Å²) in [5.41, 5.74) is 6.64. The summed E-state index contributed by atoms with van der Waals surface area (Å²) in [4.78, 5) is 11.1. The number of aromatic nitrogens is 4. The van der Waals surface area contributed by atoms with Crippen molar-refractivity contribution in [3.63, 3.8) is 0 Å². The molecular formula is C12H19N7O2. The molecule has 9 nitrogen and oxygen atoms in total. The number of nitrogens with zero attached hydrogens (tertiary/aromatic N) is 5. The van der Waals surface area contributed by atoms with Gasteiger partial charge >= 0.3 is 0 Å². The lowest BCUT2D eigenvalue weighted by atomic mass is 10.2. The highest BCUT2D eigenvalue weighted by Crippen LogP contribution is 2.25. The van der Waals surface area contributed by atoms with E-state index in [2.05, 4.69) is 40.7 Å². The second kappa shape index (κ2) is 6.64. The molecule has 0 bridgehead atoms. The molecule has 1 fully saturated rings. The fraction of sp³-hybridized carbons (Fsp3) is 0.667. The molecule has 0 radical (unpaired) electrons. The van der Waals surface area contributed by atoms with Crippen LogP contribution in [0.3, 0.4) is 0 Å². The normalized spacial score (nSPS) is 16.1. The fourth-order valence-corrected chi connectivity index (χ4v) is 2.42. The summed E-state index contributed by atoms with van der Waals surface area (Å²) in [5.74, 6) is 1.32. The van der Waals surface area contributed by atoms with Gasteiger partial charge < -0.3 is 15.4 Å². The highest BCUT2D eigenvalue weighted by Gasteiger charge is 2.19. The van der Waals surface area contributed by atoms with Gasteiger partial charge in [-0.05, 0) is 23.2 Å². The van der Waals surface area contributed by atoms with E-state index >= 15 is 0 Å². The molecule has 1 aliphatic rings. The average Bonchev–Trinajstić information content (AvgIpc) is 2.78. The van der Waals surface area contributed by atoms with E-state index in [1.807, 2.05) is 0 Å². The summed E-state index contributed by atoms with van der Waals surface area (Å²) < 4.78 is 4.68. The maximum absolute atomic E-state index is 8.85. The van der Waals surface area contributed by atoms with Crippen LogP contribution in [0.15, 0.2) is 4.63 Å². The van der Waals surface area contributed by atoms with Crippen LogP contribution >= 0.6 is 0 Å². The van der Waals surface area contributed by atoms with Crippen molar-refractivity contribution in [1.29, 1.82) is 0 Å². The lowest BCUT2D eigenvalue weighted by Gasteiger charge is -2.23. The van der Waals surface area contributed by atoms with Gasteiger partial charge in [0.2, 0.25) is 11.3 Å². The maximum atomic E-state index is 8.85. The Morgan fingerprint density at radius 1 is 1.05 bits per heavy atom. The van der Waals surface area contributed by atoms with Gasteiger partial charge in [0.25, 0.3) is 0 Å². The molecule has 3 N–H and O–H groups in total. The van der Waals surface area contributed by atoms with Crippen molar-refractivity contribution in [3.05, 3.63) is 0 Å². The van der Waals surface area contributed by atoms with Gasteiger partial charge in [0.15, 0.2) is 11.6 Å². The van der Waals surface area contributed by atoms with Gasteiger partial charge in [-0.2, -0.15) is 4.98 Å². The molecule has 0 unspecified atom stereocenters. The molecule has 2 aromatic rings. The Morgan fingerprint density at radius 3 is 2.48 bits per heavy atom. The summed E-state index contributed by atoms with van der Waals surface area (Å²) in [6, 6.07) is 0. The predicted molar refractivity (Wildman–Crippen MR) is 76.8 cm³/mol. The molecule has 0 saturated carbocycles. The van der Waals surface area contributed by atoms with Crippen molar-refractivity contribution in [1.82, 2.24) is 25.7 Å². The molecule has 1 saturated heterocycles. The minimum absolute atomic E-state index is 0.0350. The highest BCUT2D eigenvalue weighted by atomic mass is 16.6. The molecule has 0 amide bonds. The summed E-state index contributed by atoms with van der Waals surface area (Å²) >= 11 is 0. The second-order valence-electron chi connectivity index (χ2n) is 4.98. The summed E-state index contributed by atoms with van der Waals surface area (Å²) in [7, 11) is 0. The summed E-state index contributed by atoms with van der Waals surface area (Å²) in [6.45, 7) is 2.34. The number of fused-ring (bicyclic) bond motifs is 1. The van der Waals surface area contributed by atoms with Crippen molar-refractivity contribution in [2.75, 3.05) is 36.6 Å². The predicted octanol–water partition coefficient (Wildman–Crippen LogP) is 0.302. The van der Waals surface area contributed by atoms with E-state index in [9.17, 15) is 0 Å². The van der Waals surface area contributed by atoms with Gasteiger partial charge in [-0.3, -0.25) is 0 Å². The van der Waals surface area contributed by atoms with E-state index < -0.39 is 0 Å². The Labute approximate surface area is 121 Å². The number of hydrazine groups is 1. The smallest absolute Gasteiger partial charge is 0.245 e. The van der Waals surface area contributed by atoms with Crippen molar-refractivity contribution >= 4 is 22.9 Å². The van der Waals surface area contributed by atoms with E-state index in [0.29, 0.717) is 23.7 Å². The van der Waals surface area contributed by atoms with E-state index in [4.69, 9.17) is 5.11 Å². The topological polar surface area (TPSA) is 112 Å². The number of rotatable bonds is 5. The zero-order valence-electron chi connectivity index (χ0n) is 11.7. The average molecular weight is 293 g/mol. The highest BCUT2D eigenvalue weighted by molar-refractivity contribution is 5.73. The summed E-state index contributed by atoms with van der Waals surface area (Å²) in [6.07, 6.45) is 4.76. The molecule has 9 heteroatoms. The van der Waals surface area contributed by atoms with Crippen LogP contribution in [0.4, 0.5) is 11.6 Å². The lowest BCUT2D eigenvalue weighted by Crippen LogP contribution is -2.30. The van der Waals surface area contributed by atoms with Gasteiger partial charge in [0.1, 0.15) is 0 Å². The number of nitrogens with one attached hydrogen (secondary N) is 2. The molecule has 21 heavy (non-hydrogen) atoms. The molecule has 0 spiro atoms. The molecule has 114 valence electrons. The van der Waals surface area contributed by atoms with Crippen LogP contribution < -0.4 is 15.8 Å². The van der Waals surface area contributed by atoms with Crippen molar-refractivity contribution in [3.8, 4) is 0 Å². The van der Waals surface area contributed by atoms with E-state index in [1.54, 1.807) is 0 Å². The first-order chi connectivity index (χ1) is 10.4. The maximum Gasteiger partial charge on any atom is 0.245 e. The van der Waals surface area contributed by atoms with Crippen molar-refractivity contribution < 1.29 is 9.74 Å². The first-order valence-corrected chi connectivity index (χ1v) is 7.23. The third-order valence-corrected chi connectivity index (χ3v) is 3.45. The quantitative estimate of drug-likeness (QED) is 0.529. The zero-order chi connectivity index (χ0) is 14.5. The fourth-order valence-electron chi connectivity index (χ4n) is 2.42. The molecule has 3 heterocycles. The van der Waals surface area contributed by atoms with E-state index in [1.165, 1.54) is 12.8 Å². The minimum atomic E-state index is 0.0350. The van der Waals surface area contributed by atoms with Crippen LogP contribution in [0.25, 0.3) is 11.3 Å². The van der Waals surface area contributed by atoms with Gasteiger partial charge in [-0.1, -0.05) is 12.8 Å².